The zero-order chi connectivity index (χ0) is 20.5. The van der Waals surface area contributed by atoms with Crippen molar-refractivity contribution < 1.29 is 19.5 Å². The molecule has 0 spiro atoms. The maximum atomic E-state index is 12.3. The number of carboxylic acid groups (broad SMARTS) is 1. The van der Waals surface area contributed by atoms with Crippen LogP contribution in [0.4, 0.5) is 0 Å². The average Bonchev–Trinajstić information content (AvgIpc) is 2.66. The molecule has 1 heterocycles. The minimum Gasteiger partial charge on any atom is -0.480 e. The van der Waals surface area contributed by atoms with Crippen molar-refractivity contribution in [2.24, 2.45) is 11.8 Å². The van der Waals surface area contributed by atoms with Crippen LogP contribution in [0.2, 0.25) is 0 Å². The quantitative estimate of drug-likeness (QED) is 0.596. The monoisotopic (exact) mass is 389 g/mol. The summed E-state index contributed by atoms with van der Waals surface area (Å²) in [6, 6.07) is 9.32. The van der Waals surface area contributed by atoms with E-state index in [4.69, 9.17) is 0 Å². The zero-order valence-corrected chi connectivity index (χ0v) is 16.7. The van der Waals surface area contributed by atoms with Crippen LogP contribution in [0.3, 0.4) is 0 Å². The molecule has 1 aliphatic heterocycles. The molecule has 0 aliphatic carbocycles. The van der Waals surface area contributed by atoms with Gasteiger partial charge in [-0.25, -0.2) is 4.79 Å². The van der Waals surface area contributed by atoms with Gasteiger partial charge in [-0.1, -0.05) is 44.2 Å². The van der Waals surface area contributed by atoms with Crippen LogP contribution >= 0.6 is 0 Å². The molecule has 1 aromatic rings. The maximum absolute atomic E-state index is 12.3. The first kappa shape index (κ1) is 21.9. The largest absolute Gasteiger partial charge is 0.480 e. The van der Waals surface area contributed by atoms with Gasteiger partial charge < -0.3 is 15.7 Å². The summed E-state index contributed by atoms with van der Waals surface area (Å²) in [5.74, 6) is -1.62. The maximum Gasteiger partial charge on any atom is 0.326 e. The predicted molar refractivity (Wildman–Crippen MR) is 106 cm³/mol. The number of amides is 2. The summed E-state index contributed by atoms with van der Waals surface area (Å²) in [5.41, 5.74) is 1.26. The summed E-state index contributed by atoms with van der Waals surface area (Å²) in [4.78, 5) is 37.9. The van der Waals surface area contributed by atoms with Crippen LogP contribution in [-0.4, -0.2) is 53.5 Å². The molecule has 1 saturated heterocycles. The van der Waals surface area contributed by atoms with Gasteiger partial charge in [-0.2, -0.15) is 0 Å². The van der Waals surface area contributed by atoms with E-state index in [1.807, 2.05) is 32.0 Å². The molecule has 7 heteroatoms. The number of carboxylic acids is 1. The number of rotatable bonds is 9. The number of likely N-dealkylation sites (tertiary alicyclic amines) is 1. The third kappa shape index (κ3) is 7.31. The third-order valence-electron chi connectivity index (χ3n) is 4.97. The Kier molecular flexibility index (Phi) is 8.44. The van der Waals surface area contributed by atoms with Crippen LogP contribution < -0.4 is 10.6 Å². The SMILES string of the molecule is CC(C)C[C@H](NC(=O)CNC(=O)C1CCN(Cc2ccccc2)CC1)C(=O)O. The molecule has 1 fully saturated rings. The van der Waals surface area contributed by atoms with Gasteiger partial charge in [0.25, 0.3) is 0 Å². The molecule has 28 heavy (non-hydrogen) atoms. The summed E-state index contributed by atoms with van der Waals surface area (Å²) in [5, 5.41) is 14.3. The fourth-order valence-corrected chi connectivity index (χ4v) is 3.44. The molecule has 0 unspecified atom stereocenters. The number of carbonyl (C=O) groups is 3. The van der Waals surface area contributed by atoms with E-state index in [0.29, 0.717) is 6.42 Å². The van der Waals surface area contributed by atoms with E-state index >= 15 is 0 Å². The molecule has 1 aromatic carbocycles. The smallest absolute Gasteiger partial charge is 0.326 e. The van der Waals surface area contributed by atoms with Crippen molar-refractivity contribution in [1.82, 2.24) is 15.5 Å². The lowest BCUT2D eigenvalue weighted by Gasteiger charge is -2.31. The Morgan fingerprint density at radius 2 is 1.79 bits per heavy atom. The Hall–Kier alpha value is -2.41. The molecular formula is C21H31N3O4. The molecule has 0 aromatic heterocycles. The van der Waals surface area contributed by atoms with Crippen LogP contribution in [0.25, 0.3) is 0 Å². The highest BCUT2D eigenvalue weighted by molar-refractivity contribution is 5.88. The van der Waals surface area contributed by atoms with E-state index < -0.39 is 17.9 Å². The van der Waals surface area contributed by atoms with Crippen molar-refractivity contribution in [3.63, 3.8) is 0 Å². The third-order valence-corrected chi connectivity index (χ3v) is 4.97. The summed E-state index contributed by atoms with van der Waals surface area (Å²) >= 11 is 0. The van der Waals surface area contributed by atoms with E-state index in [9.17, 15) is 19.5 Å². The Morgan fingerprint density at radius 3 is 2.36 bits per heavy atom. The van der Waals surface area contributed by atoms with Crippen molar-refractivity contribution in [2.75, 3.05) is 19.6 Å². The lowest BCUT2D eigenvalue weighted by atomic mass is 9.95. The Bertz CT molecular complexity index is 655. The Morgan fingerprint density at radius 1 is 1.14 bits per heavy atom. The van der Waals surface area contributed by atoms with Crippen LogP contribution in [0.1, 0.15) is 38.7 Å². The highest BCUT2D eigenvalue weighted by Crippen LogP contribution is 2.19. The molecule has 2 rings (SSSR count). The number of nitrogens with zero attached hydrogens (tertiary/aromatic N) is 1. The molecule has 154 valence electrons. The average molecular weight is 389 g/mol. The normalized spacial score (nSPS) is 16.5. The van der Waals surface area contributed by atoms with Crippen molar-refractivity contribution in [1.29, 1.82) is 0 Å². The van der Waals surface area contributed by atoms with Crippen LogP contribution in [-0.2, 0) is 20.9 Å². The zero-order valence-electron chi connectivity index (χ0n) is 16.7. The topological polar surface area (TPSA) is 98.7 Å². The number of benzene rings is 1. The first-order valence-corrected chi connectivity index (χ1v) is 9.91. The number of hydrogen-bond donors (Lipinski definition) is 3. The van der Waals surface area contributed by atoms with E-state index in [-0.39, 0.29) is 24.3 Å². The summed E-state index contributed by atoms with van der Waals surface area (Å²) in [6.07, 6.45) is 1.87. The summed E-state index contributed by atoms with van der Waals surface area (Å²) < 4.78 is 0. The van der Waals surface area contributed by atoms with Gasteiger partial charge in [0.1, 0.15) is 6.04 Å². The minimum absolute atomic E-state index is 0.106. The molecule has 0 bridgehead atoms. The van der Waals surface area contributed by atoms with E-state index in [2.05, 4.69) is 27.7 Å². The molecular weight excluding hydrogens is 358 g/mol. The number of hydrogen-bond acceptors (Lipinski definition) is 4. The van der Waals surface area contributed by atoms with Gasteiger partial charge in [-0.3, -0.25) is 14.5 Å². The predicted octanol–water partition coefficient (Wildman–Crippen LogP) is 1.63. The number of aliphatic carboxylic acids is 1. The fraction of sp³-hybridized carbons (Fsp3) is 0.571. The molecule has 1 atom stereocenters. The molecule has 0 radical (unpaired) electrons. The van der Waals surface area contributed by atoms with Gasteiger partial charge in [-0.15, -0.1) is 0 Å². The lowest BCUT2D eigenvalue weighted by molar-refractivity contribution is -0.142. The standard InChI is InChI=1S/C21H31N3O4/c1-15(2)12-18(21(27)28)23-19(25)13-22-20(26)17-8-10-24(11-9-17)14-16-6-4-3-5-7-16/h3-7,15,17-18H,8-14H2,1-2H3,(H,22,26)(H,23,25)(H,27,28)/t18-/m0/s1. The van der Waals surface area contributed by atoms with Gasteiger partial charge in [0.15, 0.2) is 0 Å². The van der Waals surface area contributed by atoms with E-state index in [0.717, 1.165) is 32.5 Å². The number of nitrogens with one attached hydrogen (secondary N) is 2. The summed E-state index contributed by atoms with van der Waals surface area (Å²) in [6.45, 7) is 6.17. The van der Waals surface area contributed by atoms with Gasteiger partial charge in [-0.05, 0) is 43.8 Å². The molecule has 1 aliphatic rings. The highest BCUT2D eigenvalue weighted by Gasteiger charge is 2.26. The van der Waals surface area contributed by atoms with Crippen LogP contribution in [0, 0.1) is 11.8 Å². The van der Waals surface area contributed by atoms with Crippen molar-refractivity contribution in [3.8, 4) is 0 Å². The van der Waals surface area contributed by atoms with Gasteiger partial charge in [0.05, 0.1) is 6.54 Å². The van der Waals surface area contributed by atoms with Crippen molar-refractivity contribution in [2.45, 2.75) is 45.7 Å². The van der Waals surface area contributed by atoms with Gasteiger partial charge in [0.2, 0.25) is 11.8 Å². The number of carbonyl (C=O) groups excluding carboxylic acids is 2. The van der Waals surface area contributed by atoms with Gasteiger partial charge >= 0.3 is 5.97 Å². The second-order valence-electron chi connectivity index (χ2n) is 7.84. The van der Waals surface area contributed by atoms with Crippen LogP contribution in [0.15, 0.2) is 30.3 Å². The first-order valence-electron chi connectivity index (χ1n) is 9.91. The second-order valence-corrected chi connectivity index (χ2v) is 7.84. The first-order chi connectivity index (χ1) is 13.3. The van der Waals surface area contributed by atoms with Crippen LogP contribution in [0.5, 0.6) is 0 Å². The number of piperidine rings is 1. The Balaban J connectivity index is 1.70. The molecule has 3 N–H and O–H groups in total. The molecule has 0 saturated carbocycles. The van der Waals surface area contributed by atoms with E-state index in [1.54, 1.807) is 0 Å². The molecule has 2 amide bonds. The Labute approximate surface area is 166 Å². The second kappa shape index (κ2) is 10.8. The lowest BCUT2D eigenvalue weighted by Crippen LogP contribution is -2.47. The van der Waals surface area contributed by atoms with E-state index in [1.165, 1.54) is 5.56 Å². The fourth-order valence-electron chi connectivity index (χ4n) is 3.44. The molecule has 7 nitrogen and oxygen atoms in total. The van der Waals surface area contributed by atoms with Crippen molar-refractivity contribution in [3.05, 3.63) is 35.9 Å². The van der Waals surface area contributed by atoms with Crippen molar-refractivity contribution >= 4 is 17.8 Å². The minimum atomic E-state index is -1.06. The highest BCUT2D eigenvalue weighted by atomic mass is 16.4. The summed E-state index contributed by atoms with van der Waals surface area (Å²) in [7, 11) is 0. The van der Waals surface area contributed by atoms with Gasteiger partial charge in [0, 0.05) is 12.5 Å².